The van der Waals surface area contributed by atoms with E-state index in [-0.39, 0.29) is 11.9 Å². The summed E-state index contributed by atoms with van der Waals surface area (Å²) in [6.45, 7) is 0. The molecule has 2 aromatic rings. The zero-order valence-electron chi connectivity index (χ0n) is 11.3. The first-order valence-corrected chi connectivity index (χ1v) is 6.24. The van der Waals surface area contributed by atoms with Gasteiger partial charge in [0.2, 0.25) is 0 Å². The Hall–Kier alpha value is -2.89. The Morgan fingerprint density at radius 2 is 1.38 bits per heavy atom. The highest BCUT2D eigenvalue weighted by atomic mass is 19.1. The van der Waals surface area contributed by atoms with E-state index in [1.807, 2.05) is 0 Å². The van der Waals surface area contributed by atoms with Crippen molar-refractivity contribution >= 4 is 23.3 Å². The Morgan fingerprint density at radius 1 is 0.857 bits per heavy atom. The van der Waals surface area contributed by atoms with Gasteiger partial charge < -0.3 is 16.0 Å². The molecule has 108 valence electrons. The van der Waals surface area contributed by atoms with E-state index in [0.717, 1.165) is 0 Å². The number of carbonyl (C=O) groups excluding carboxylic acids is 2. The third kappa shape index (κ3) is 4.04. The summed E-state index contributed by atoms with van der Waals surface area (Å²) in [6.07, 6.45) is 0. The molecule has 0 aromatic heterocycles. The van der Waals surface area contributed by atoms with Crippen LogP contribution in [0.1, 0.15) is 10.4 Å². The molecule has 0 aliphatic rings. The largest absolute Gasteiger partial charge is 0.341 e. The zero-order chi connectivity index (χ0) is 15.2. The van der Waals surface area contributed by atoms with Gasteiger partial charge in [0.15, 0.2) is 0 Å². The van der Waals surface area contributed by atoms with Crippen molar-refractivity contribution in [1.29, 1.82) is 0 Å². The summed E-state index contributed by atoms with van der Waals surface area (Å²) in [5, 5.41) is 7.72. The van der Waals surface area contributed by atoms with Gasteiger partial charge in [0.1, 0.15) is 5.82 Å². The van der Waals surface area contributed by atoms with Crippen molar-refractivity contribution < 1.29 is 14.0 Å². The predicted molar refractivity (Wildman–Crippen MR) is 78.9 cm³/mol. The molecular formula is C15H14FN3O2. The maximum atomic E-state index is 12.8. The van der Waals surface area contributed by atoms with Crippen LogP contribution in [0.2, 0.25) is 0 Å². The molecule has 0 saturated carbocycles. The van der Waals surface area contributed by atoms with E-state index >= 15 is 0 Å². The molecule has 5 nitrogen and oxygen atoms in total. The fourth-order valence-corrected chi connectivity index (χ4v) is 1.64. The number of benzene rings is 2. The molecule has 0 radical (unpaired) electrons. The van der Waals surface area contributed by atoms with E-state index in [4.69, 9.17) is 0 Å². The Kier molecular flexibility index (Phi) is 4.50. The molecule has 0 heterocycles. The molecule has 0 unspecified atom stereocenters. The lowest BCUT2D eigenvalue weighted by Gasteiger charge is -2.07. The van der Waals surface area contributed by atoms with Crippen LogP contribution in [0.15, 0.2) is 48.5 Å². The molecule has 0 fully saturated rings. The number of urea groups is 1. The Bertz CT molecular complexity index is 639. The normalized spacial score (nSPS) is 9.81. The van der Waals surface area contributed by atoms with Crippen LogP contribution in [0.5, 0.6) is 0 Å². The van der Waals surface area contributed by atoms with Crippen molar-refractivity contribution in [3.8, 4) is 0 Å². The number of halogens is 1. The quantitative estimate of drug-likeness (QED) is 0.812. The number of carbonyl (C=O) groups is 2. The monoisotopic (exact) mass is 287 g/mol. The van der Waals surface area contributed by atoms with Gasteiger partial charge in [-0.15, -0.1) is 0 Å². The van der Waals surface area contributed by atoms with Gasteiger partial charge in [-0.05, 0) is 48.5 Å². The summed E-state index contributed by atoms with van der Waals surface area (Å²) < 4.78 is 12.8. The lowest BCUT2D eigenvalue weighted by Crippen LogP contribution is -2.24. The summed E-state index contributed by atoms with van der Waals surface area (Å²) in [5.74, 6) is -0.724. The number of hydrogen-bond acceptors (Lipinski definition) is 2. The van der Waals surface area contributed by atoms with Crippen LogP contribution in [0.25, 0.3) is 0 Å². The summed E-state index contributed by atoms with van der Waals surface area (Å²) >= 11 is 0. The van der Waals surface area contributed by atoms with E-state index in [1.165, 1.54) is 31.3 Å². The highest BCUT2D eigenvalue weighted by molar-refractivity contribution is 6.04. The SMILES string of the molecule is CNC(=O)Nc1ccc(NC(=O)c2ccc(F)cc2)cc1. The number of rotatable bonds is 3. The van der Waals surface area contributed by atoms with Crippen LogP contribution < -0.4 is 16.0 Å². The van der Waals surface area contributed by atoms with Gasteiger partial charge in [-0.25, -0.2) is 9.18 Å². The first-order valence-electron chi connectivity index (χ1n) is 6.24. The summed E-state index contributed by atoms with van der Waals surface area (Å²) in [7, 11) is 1.52. The molecule has 0 aliphatic heterocycles. The molecule has 6 heteroatoms. The van der Waals surface area contributed by atoms with Crippen LogP contribution in [0.3, 0.4) is 0 Å². The van der Waals surface area contributed by atoms with Crippen molar-refractivity contribution in [2.45, 2.75) is 0 Å². The summed E-state index contributed by atoms with van der Waals surface area (Å²) in [5.41, 5.74) is 1.55. The van der Waals surface area contributed by atoms with Crippen molar-refractivity contribution in [3.63, 3.8) is 0 Å². The highest BCUT2D eigenvalue weighted by Gasteiger charge is 2.06. The molecule has 3 N–H and O–H groups in total. The molecule has 0 saturated heterocycles. The average molecular weight is 287 g/mol. The smallest absolute Gasteiger partial charge is 0.318 e. The first-order chi connectivity index (χ1) is 10.1. The minimum Gasteiger partial charge on any atom is -0.341 e. The fourth-order valence-electron chi connectivity index (χ4n) is 1.64. The molecular weight excluding hydrogens is 273 g/mol. The van der Waals surface area contributed by atoms with E-state index in [9.17, 15) is 14.0 Å². The first kappa shape index (κ1) is 14.5. The summed E-state index contributed by atoms with van der Waals surface area (Å²) in [6, 6.07) is 11.6. The molecule has 3 amide bonds. The van der Waals surface area contributed by atoms with E-state index < -0.39 is 5.82 Å². The van der Waals surface area contributed by atoms with Crippen LogP contribution in [-0.2, 0) is 0 Å². The third-order valence-corrected chi connectivity index (χ3v) is 2.73. The van der Waals surface area contributed by atoms with Gasteiger partial charge in [-0.1, -0.05) is 0 Å². The van der Waals surface area contributed by atoms with Gasteiger partial charge in [0.05, 0.1) is 0 Å². The molecule has 0 aliphatic carbocycles. The van der Waals surface area contributed by atoms with E-state index in [2.05, 4.69) is 16.0 Å². The standard InChI is InChI=1S/C15H14FN3O2/c1-17-15(21)19-13-8-6-12(7-9-13)18-14(20)10-2-4-11(16)5-3-10/h2-9H,1H3,(H,18,20)(H2,17,19,21). The van der Waals surface area contributed by atoms with Crippen molar-refractivity contribution in [2.24, 2.45) is 0 Å². The lowest BCUT2D eigenvalue weighted by atomic mass is 10.2. The fraction of sp³-hybridized carbons (Fsp3) is 0.0667. The average Bonchev–Trinajstić information content (AvgIpc) is 2.49. The molecule has 0 atom stereocenters. The Balaban J connectivity index is 2.01. The Labute approximate surface area is 121 Å². The van der Waals surface area contributed by atoms with Gasteiger partial charge in [0.25, 0.3) is 5.91 Å². The lowest BCUT2D eigenvalue weighted by molar-refractivity contribution is 0.102. The van der Waals surface area contributed by atoms with Gasteiger partial charge >= 0.3 is 6.03 Å². The number of nitrogens with one attached hydrogen (secondary N) is 3. The summed E-state index contributed by atoms with van der Waals surface area (Å²) in [4.78, 5) is 23.1. The van der Waals surface area contributed by atoms with Crippen LogP contribution in [0, 0.1) is 5.82 Å². The number of hydrogen-bond donors (Lipinski definition) is 3. The maximum absolute atomic E-state index is 12.8. The molecule has 21 heavy (non-hydrogen) atoms. The number of amides is 3. The Morgan fingerprint density at radius 3 is 1.90 bits per heavy atom. The van der Waals surface area contributed by atoms with Gasteiger partial charge in [-0.2, -0.15) is 0 Å². The van der Waals surface area contributed by atoms with Crippen molar-refractivity contribution in [2.75, 3.05) is 17.7 Å². The van der Waals surface area contributed by atoms with Gasteiger partial charge in [-0.3, -0.25) is 4.79 Å². The van der Waals surface area contributed by atoms with Crippen molar-refractivity contribution in [1.82, 2.24) is 5.32 Å². The zero-order valence-corrected chi connectivity index (χ0v) is 11.3. The molecule has 0 spiro atoms. The van der Waals surface area contributed by atoms with E-state index in [0.29, 0.717) is 16.9 Å². The topological polar surface area (TPSA) is 70.2 Å². The molecule has 0 bridgehead atoms. The van der Waals surface area contributed by atoms with Crippen LogP contribution in [0.4, 0.5) is 20.6 Å². The second-order valence-electron chi connectivity index (χ2n) is 4.24. The van der Waals surface area contributed by atoms with Crippen LogP contribution >= 0.6 is 0 Å². The third-order valence-electron chi connectivity index (χ3n) is 2.73. The molecule has 2 rings (SSSR count). The maximum Gasteiger partial charge on any atom is 0.318 e. The predicted octanol–water partition coefficient (Wildman–Crippen LogP) is 2.83. The highest BCUT2D eigenvalue weighted by Crippen LogP contribution is 2.14. The van der Waals surface area contributed by atoms with Crippen LogP contribution in [-0.4, -0.2) is 19.0 Å². The second kappa shape index (κ2) is 6.51. The van der Waals surface area contributed by atoms with Crippen molar-refractivity contribution in [3.05, 3.63) is 59.9 Å². The number of anilines is 2. The minimum absolute atomic E-state index is 0.321. The minimum atomic E-state index is -0.392. The molecule has 2 aromatic carbocycles. The second-order valence-corrected chi connectivity index (χ2v) is 4.24. The van der Waals surface area contributed by atoms with E-state index in [1.54, 1.807) is 24.3 Å². The van der Waals surface area contributed by atoms with Gasteiger partial charge in [0, 0.05) is 24.0 Å².